The molecule has 1 aromatic heterocycles. The Morgan fingerprint density at radius 2 is 1.59 bits per heavy atom. The average molecular weight is 499 g/mol. The number of nitrogens with zero attached hydrogens (tertiary/aromatic N) is 2. The molecule has 1 aliphatic heterocycles. The Balaban J connectivity index is 1.71. The first-order valence-corrected chi connectivity index (χ1v) is 12.4. The summed E-state index contributed by atoms with van der Waals surface area (Å²) in [6.07, 6.45) is 2.48. The fraction of sp³-hybridized carbons (Fsp3) is 0.290. The van der Waals surface area contributed by atoms with Gasteiger partial charge in [0.25, 0.3) is 5.91 Å². The van der Waals surface area contributed by atoms with E-state index in [4.69, 9.17) is 9.47 Å². The van der Waals surface area contributed by atoms with Crippen molar-refractivity contribution in [3.05, 3.63) is 99.0 Å². The number of amides is 1. The van der Waals surface area contributed by atoms with Crippen molar-refractivity contribution in [3.63, 3.8) is 0 Å². The summed E-state index contributed by atoms with van der Waals surface area (Å²) in [5.41, 5.74) is 8.83. The molecule has 0 unspecified atom stereocenters. The Labute approximate surface area is 218 Å². The van der Waals surface area contributed by atoms with Crippen molar-refractivity contribution < 1.29 is 19.1 Å². The minimum absolute atomic E-state index is 0.191. The molecule has 37 heavy (non-hydrogen) atoms. The van der Waals surface area contributed by atoms with Crippen LogP contribution in [0.2, 0.25) is 0 Å². The number of ether oxygens (including phenoxy) is 2. The van der Waals surface area contributed by atoms with Crippen molar-refractivity contribution in [2.24, 2.45) is 0 Å². The largest absolute Gasteiger partial charge is 0.497 e. The summed E-state index contributed by atoms with van der Waals surface area (Å²) >= 11 is 0. The highest BCUT2D eigenvalue weighted by Gasteiger charge is 2.37. The lowest BCUT2D eigenvalue weighted by Crippen LogP contribution is -2.27. The van der Waals surface area contributed by atoms with E-state index in [-0.39, 0.29) is 5.91 Å². The number of carbonyl (C=O) groups excluding carboxylic acids is 2. The minimum atomic E-state index is -0.507. The molecule has 1 amide bonds. The first-order valence-electron chi connectivity index (χ1n) is 12.4. The maximum Gasteiger partial charge on any atom is 0.340 e. The molecule has 3 aromatic rings. The zero-order valence-corrected chi connectivity index (χ0v) is 22.6. The van der Waals surface area contributed by atoms with E-state index in [9.17, 15) is 9.59 Å². The number of hydrogen-bond acceptors (Lipinski definition) is 4. The van der Waals surface area contributed by atoms with Gasteiger partial charge in [0.1, 0.15) is 5.75 Å². The van der Waals surface area contributed by atoms with E-state index in [0.29, 0.717) is 29.8 Å². The van der Waals surface area contributed by atoms with Crippen LogP contribution in [-0.2, 0) is 20.7 Å². The quantitative estimate of drug-likeness (QED) is 0.313. The van der Waals surface area contributed by atoms with Crippen molar-refractivity contribution in [2.45, 2.75) is 41.0 Å². The summed E-state index contributed by atoms with van der Waals surface area (Å²) in [5, 5.41) is 0. The molecular formula is C31H34N2O4. The van der Waals surface area contributed by atoms with Gasteiger partial charge in [-0.2, -0.15) is 0 Å². The monoisotopic (exact) mass is 498 g/mol. The maximum atomic E-state index is 13.6. The molecule has 1 aliphatic rings. The highest BCUT2D eigenvalue weighted by atomic mass is 16.5. The van der Waals surface area contributed by atoms with Crippen LogP contribution in [0.4, 0.5) is 0 Å². The van der Waals surface area contributed by atoms with Crippen LogP contribution in [0.1, 0.15) is 40.6 Å². The third kappa shape index (κ3) is 4.84. The van der Waals surface area contributed by atoms with Crippen LogP contribution in [-0.4, -0.2) is 42.1 Å². The molecule has 0 spiro atoms. The first-order chi connectivity index (χ1) is 17.7. The number of allylic oxidation sites excluding steroid dienone is 1. The van der Waals surface area contributed by atoms with Gasteiger partial charge in [-0.3, -0.25) is 4.79 Å². The second kappa shape index (κ2) is 10.5. The third-order valence-electron chi connectivity index (χ3n) is 7.12. The van der Waals surface area contributed by atoms with Crippen LogP contribution in [0.15, 0.2) is 65.4 Å². The molecule has 6 heteroatoms. The number of benzene rings is 2. The normalized spacial score (nSPS) is 14.6. The number of aryl methyl sites for hydroxylation is 3. The second-order valence-corrected chi connectivity index (χ2v) is 9.47. The lowest BCUT2D eigenvalue weighted by atomic mass is 10.0. The van der Waals surface area contributed by atoms with Crippen molar-refractivity contribution in [2.75, 3.05) is 20.8 Å². The summed E-state index contributed by atoms with van der Waals surface area (Å²) in [6.45, 7) is 10.6. The molecule has 0 aliphatic carbocycles. The fourth-order valence-electron chi connectivity index (χ4n) is 5.12. The smallest absolute Gasteiger partial charge is 0.340 e. The molecule has 192 valence electrons. The topological polar surface area (TPSA) is 60.8 Å². The molecule has 4 rings (SSSR count). The van der Waals surface area contributed by atoms with Crippen LogP contribution >= 0.6 is 0 Å². The van der Waals surface area contributed by atoms with Gasteiger partial charge in [0.15, 0.2) is 0 Å². The van der Waals surface area contributed by atoms with Crippen LogP contribution in [0, 0.1) is 27.7 Å². The number of para-hydroxylation sites is 1. The summed E-state index contributed by atoms with van der Waals surface area (Å²) < 4.78 is 12.5. The fourth-order valence-corrected chi connectivity index (χ4v) is 5.12. The Morgan fingerprint density at radius 3 is 2.19 bits per heavy atom. The van der Waals surface area contributed by atoms with Gasteiger partial charge >= 0.3 is 5.97 Å². The van der Waals surface area contributed by atoms with Gasteiger partial charge in [0, 0.05) is 23.6 Å². The highest BCUT2D eigenvalue weighted by molar-refractivity contribution is 6.16. The lowest BCUT2D eigenvalue weighted by Gasteiger charge is -2.18. The number of aromatic nitrogens is 1. The van der Waals surface area contributed by atoms with Crippen LogP contribution in [0.3, 0.4) is 0 Å². The predicted octanol–water partition coefficient (Wildman–Crippen LogP) is 5.63. The Morgan fingerprint density at radius 1 is 0.946 bits per heavy atom. The average Bonchev–Trinajstić information content (AvgIpc) is 3.29. The lowest BCUT2D eigenvalue weighted by molar-refractivity contribution is -0.136. The molecule has 0 N–H and O–H groups in total. The molecule has 0 saturated heterocycles. The van der Waals surface area contributed by atoms with E-state index in [2.05, 4.69) is 49.6 Å². The predicted molar refractivity (Wildman–Crippen MR) is 146 cm³/mol. The zero-order chi connectivity index (χ0) is 26.9. The van der Waals surface area contributed by atoms with Gasteiger partial charge in [-0.25, -0.2) is 4.79 Å². The minimum Gasteiger partial charge on any atom is -0.497 e. The van der Waals surface area contributed by atoms with Crippen LogP contribution in [0.25, 0.3) is 11.8 Å². The molecular weight excluding hydrogens is 464 g/mol. The number of esters is 1. The van der Waals surface area contributed by atoms with E-state index < -0.39 is 5.97 Å². The Bertz CT molecular complexity index is 1400. The van der Waals surface area contributed by atoms with Gasteiger partial charge in [-0.1, -0.05) is 30.3 Å². The highest BCUT2D eigenvalue weighted by Crippen LogP contribution is 2.34. The second-order valence-electron chi connectivity index (χ2n) is 9.47. The molecule has 0 atom stereocenters. The van der Waals surface area contributed by atoms with Gasteiger partial charge in [-0.15, -0.1) is 0 Å². The van der Waals surface area contributed by atoms with Crippen molar-refractivity contribution in [1.29, 1.82) is 0 Å². The maximum absolute atomic E-state index is 13.6. The summed E-state index contributed by atoms with van der Waals surface area (Å²) in [5.74, 6) is 0.0876. The number of methoxy groups -OCH3 is 2. The van der Waals surface area contributed by atoms with Gasteiger partial charge < -0.3 is 18.9 Å². The van der Waals surface area contributed by atoms with Crippen molar-refractivity contribution in [1.82, 2.24) is 9.47 Å². The van der Waals surface area contributed by atoms with E-state index in [0.717, 1.165) is 34.0 Å². The van der Waals surface area contributed by atoms with Gasteiger partial charge in [0.2, 0.25) is 0 Å². The molecule has 0 bridgehead atoms. The molecule has 0 saturated carbocycles. The number of hydrogen-bond donors (Lipinski definition) is 0. The molecule has 6 nitrogen and oxygen atoms in total. The number of carbonyl (C=O) groups is 2. The van der Waals surface area contributed by atoms with E-state index >= 15 is 0 Å². The van der Waals surface area contributed by atoms with E-state index in [1.807, 2.05) is 37.3 Å². The van der Waals surface area contributed by atoms with E-state index in [1.165, 1.54) is 18.2 Å². The Hall–Kier alpha value is -4.06. The molecule has 0 radical (unpaired) electrons. The Kier molecular flexibility index (Phi) is 7.39. The number of rotatable bonds is 7. The van der Waals surface area contributed by atoms with E-state index in [1.54, 1.807) is 18.9 Å². The van der Waals surface area contributed by atoms with Crippen LogP contribution < -0.4 is 4.74 Å². The summed E-state index contributed by atoms with van der Waals surface area (Å²) in [6, 6.07) is 16.1. The van der Waals surface area contributed by atoms with Gasteiger partial charge in [-0.05, 0) is 87.6 Å². The summed E-state index contributed by atoms with van der Waals surface area (Å²) in [4.78, 5) is 28.1. The van der Waals surface area contributed by atoms with Gasteiger partial charge in [0.05, 0.1) is 31.1 Å². The molecule has 2 aromatic carbocycles. The molecule has 2 heterocycles. The van der Waals surface area contributed by atoms with Crippen molar-refractivity contribution >= 4 is 18.0 Å². The van der Waals surface area contributed by atoms with Crippen LogP contribution in [0.5, 0.6) is 5.75 Å². The first kappa shape index (κ1) is 26.0. The van der Waals surface area contributed by atoms with Crippen molar-refractivity contribution in [3.8, 4) is 11.4 Å². The standard InChI is InChI=1S/C31H34N2O4/c1-19-9-8-10-20(2)29(19)33-21(3)17-25(22(33)4)18-27-28(31(35)37-7)23(5)32(30(27)34)16-15-24-11-13-26(36-6)14-12-24/h8-14,17-18H,15-16H2,1-7H3/b27-18-. The molecule has 0 fully saturated rings. The SMILES string of the molecule is COC(=O)C1=C(C)N(CCc2ccc(OC)cc2)C(=O)/C1=C\c1cc(C)n(-c2c(C)cccc2C)c1C. The summed E-state index contributed by atoms with van der Waals surface area (Å²) in [7, 11) is 2.98. The zero-order valence-electron chi connectivity index (χ0n) is 22.6. The third-order valence-corrected chi connectivity index (χ3v) is 7.12.